The number of hydrogen-bond donors (Lipinski definition) is 1. The topological polar surface area (TPSA) is 82.0 Å². The van der Waals surface area contributed by atoms with Crippen LogP contribution in [0.2, 0.25) is 0 Å². The summed E-state index contributed by atoms with van der Waals surface area (Å²) >= 11 is 0. The maximum Gasteiger partial charge on any atom is 0.329 e. The van der Waals surface area contributed by atoms with Gasteiger partial charge in [0.05, 0.1) is 31.6 Å². The number of H-pyrrole nitrogens is 1. The van der Waals surface area contributed by atoms with Gasteiger partial charge in [-0.15, -0.1) is 0 Å². The van der Waals surface area contributed by atoms with Crippen molar-refractivity contribution in [2.75, 3.05) is 20.3 Å². The SMILES string of the molecule is COc1ccc(C(C)C)cc1-c1cnc2[nH]c(=O)n([C@@H]3CCOC3)c2n1. The second-order valence-corrected chi connectivity index (χ2v) is 6.86. The van der Waals surface area contributed by atoms with Crippen LogP contribution in [-0.4, -0.2) is 39.8 Å². The summed E-state index contributed by atoms with van der Waals surface area (Å²) in [6, 6.07) is 6.07. The van der Waals surface area contributed by atoms with Crippen molar-refractivity contribution in [1.29, 1.82) is 0 Å². The predicted octanol–water partition coefficient (Wildman–Crippen LogP) is 2.88. The first-order valence-corrected chi connectivity index (χ1v) is 8.81. The molecule has 0 saturated carbocycles. The first kappa shape index (κ1) is 16.8. The fraction of sp³-hybridized carbons (Fsp3) is 0.421. The summed E-state index contributed by atoms with van der Waals surface area (Å²) in [5, 5.41) is 0. The van der Waals surface area contributed by atoms with E-state index in [0.29, 0.717) is 36.1 Å². The minimum Gasteiger partial charge on any atom is -0.496 e. The third-order valence-corrected chi connectivity index (χ3v) is 4.86. The molecule has 3 aromatic rings. The van der Waals surface area contributed by atoms with Crippen molar-refractivity contribution in [2.45, 2.75) is 32.2 Å². The predicted molar refractivity (Wildman–Crippen MR) is 98.7 cm³/mol. The van der Waals surface area contributed by atoms with Crippen LogP contribution in [0.4, 0.5) is 0 Å². The second kappa shape index (κ2) is 6.57. The average molecular weight is 354 g/mol. The van der Waals surface area contributed by atoms with E-state index in [1.165, 1.54) is 5.56 Å². The van der Waals surface area contributed by atoms with Crippen molar-refractivity contribution in [1.82, 2.24) is 19.5 Å². The molecule has 0 unspecified atom stereocenters. The first-order chi connectivity index (χ1) is 12.6. The maximum absolute atomic E-state index is 12.4. The van der Waals surface area contributed by atoms with Gasteiger partial charge in [-0.1, -0.05) is 19.9 Å². The molecular formula is C19H22N4O3. The molecule has 1 aliphatic heterocycles. The number of nitrogens with zero attached hydrogens (tertiary/aromatic N) is 3. The van der Waals surface area contributed by atoms with Crippen LogP contribution in [0.25, 0.3) is 22.6 Å². The molecule has 1 fully saturated rings. The Morgan fingerprint density at radius 2 is 2.23 bits per heavy atom. The van der Waals surface area contributed by atoms with Gasteiger partial charge < -0.3 is 9.47 Å². The number of hydrogen-bond acceptors (Lipinski definition) is 5. The Hall–Kier alpha value is -2.67. The molecule has 7 nitrogen and oxygen atoms in total. The molecule has 26 heavy (non-hydrogen) atoms. The quantitative estimate of drug-likeness (QED) is 0.779. The lowest BCUT2D eigenvalue weighted by Gasteiger charge is -2.13. The average Bonchev–Trinajstić information content (AvgIpc) is 3.26. The van der Waals surface area contributed by atoms with Crippen LogP contribution in [-0.2, 0) is 4.74 Å². The smallest absolute Gasteiger partial charge is 0.329 e. The lowest BCUT2D eigenvalue weighted by molar-refractivity contribution is 0.186. The van der Waals surface area contributed by atoms with Crippen molar-refractivity contribution in [3.05, 3.63) is 40.4 Å². The monoisotopic (exact) mass is 354 g/mol. The zero-order chi connectivity index (χ0) is 18.3. The van der Waals surface area contributed by atoms with Gasteiger partial charge in [-0.25, -0.2) is 14.8 Å². The number of fused-ring (bicyclic) bond motifs is 1. The zero-order valence-electron chi connectivity index (χ0n) is 15.2. The molecule has 136 valence electrons. The van der Waals surface area contributed by atoms with E-state index in [4.69, 9.17) is 14.5 Å². The van der Waals surface area contributed by atoms with Gasteiger partial charge in [-0.2, -0.15) is 0 Å². The highest BCUT2D eigenvalue weighted by Crippen LogP contribution is 2.32. The van der Waals surface area contributed by atoms with Gasteiger partial charge in [0.15, 0.2) is 11.3 Å². The van der Waals surface area contributed by atoms with E-state index in [2.05, 4.69) is 35.9 Å². The summed E-state index contributed by atoms with van der Waals surface area (Å²) in [6.07, 6.45) is 2.47. The third-order valence-electron chi connectivity index (χ3n) is 4.86. The van der Waals surface area contributed by atoms with E-state index >= 15 is 0 Å². The molecule has 0 amide bonds. The van der Waals surface area contributed by atoms with Crippen LogP contribution < -0.4 is 10.4 Å². The zero-order valence-corrected chi connectivity index (χ0v) is 15.2. The van der Waals surface area contributed by atoms with E-state index in [0.717, 1.165) is 17.7 Å². The van der Waals surface area contributed by atoms with Crippen LogP contribution in [0.1, 0.15) is 37.8 Å². The Balaban J connectivity index is 1.89. The molecule has 0 aliphatic carbocycles. The number of rotatable bonds is 4. The largest absolute Gasteiger partial charge is 0.496 e. The third kappa shape index (κ3) is 2.78. The molecule has 0 spiro atoms. The van der Waals surface area contributed by atoms with E-state index < -0.39 is 0 Å². The van der Waals surface area contributed by atoms with Crippen molar-refractivity contribution in [3.8, 4) is 17.0 Å². The Morgan fingerprint density at radius 3 is 2.92 bits per heavy atom. The molecule has 1 aromatic carbocycles. The van der Waals surface area contributed by atoms with E-state index in [9.17, 15) is 4.79 Å². The number of aromatic nitrogens is 4. The van der Waals surface area contributed by atoms with Crippen molar-refractivity contribution in [3.63, 3.8) is 0 Å². The summed E-state index contributed by atoms with van der Waals surface area (Å²) in [4.78, 5) is 24.4. The highest BCUT2D eigenvalue weighted by molar-refractivity contribution is 5.74. The summed E-state index contributed by atoms with van der Waals surface area (Å²) in [6.45, 7) is 5.46. The molecular weight excluding hydrogens is 332 g/mol. The molecule has 0 radical (unpaired) electrons. The molecule has 4 rings (SSSR count). The van der Waals surface area contributed by atoms with Gasteiger partial charge in [0.25, 0.3) is 0 Å². The first-order valence-electron chi connectivity index (χ1n) is 8.81. The molecule has 1 saturated heterocycles. The van der Waals surface area contributed by atoms with Crippen LogP contribution in [0, 0.1) is 0 Å². The summed E-state index contributed by atoms with van der Waals surface area (Å²) in [5.41, 5.74) is 3.60. The normalized spacial score (nSPS) is 17.3. The van der Waals surface area contributed by atoms with Gasteiger partial charge in [0.2, 0.25) is 0 Å². The number of benzene rings is 1. The van der Waals surface area contributed by atoms with E-state index in [1.807, 2.05) is 6.07 Å². The van der Waals surface area contributed by atoms with E-state index in [1.54, 1.807) is 17.9 Å². The molecule has 1 aliphatic rings. The van der Waals surface area contributed by atoms with Crippen LogP contribution in [0.15, 0.2) is 29.2 Å². The number of nitrogens with one attached hydrogen (secondary N) is 1. The summed E-state index contributed by atoms with van der Waals surface area (Å²) < 4.78 is 12.6. The highest BCUT2D eigenvalue weighted by Gasteiger charge is 2.23. The standard InChI is InChI=1S/C19H22N4O3/c1-11(2)12-4-5-16(25-3)14(8-12)15-9-20-17-18(21-15)23(19(24)22-17)13-6-7-26-10-13/h4-5,8-9,11,13H,6-7,10H2,1-3H3,(H,20,22,24)/t13-/m1/s1. The van der Waals surface area contributed by atoms with Gasteiger partial charge in [-0.05, 0) is 30.0 Å². The summed E-state index contributed by atoms with van der Waals surface area (Å²) in [7, 11) is 1.64. The van der Waals surface area contributed by atoms with Gasteiger partial charge >= 0.3 is 5.69 Å². The molecule has 1 atom stereocenters. The van der Waals surface area contributed by atoms with Crippen LogP contribution in [0.5, 0.6) is 5.75 Å². The number of ether oxygens (including phenoxy) is 2. The molecule has 7 heteroatoms. The van der Waals surface area contributed by atoms with E-state index in [-0.39, 0.29) is 11.7 Å². The lowest BCUT2D eigenvalue weighted by Crippen LogP contribution is -2.22. The molecule has 1 N–H and O–H groups in total. The Morgan fingerprint density at radius 1 is 1.38 bits per heavy atom. The number of imidazole rings is 1. The minimum absolute atomic E-state index is 0.00954. The molecule has 2 aromatic heterocycles. The number of aromatic amines is 1. The Bertz CT molecular complexity index is 1000. The van der Waals surface area contributed by atoms with Gasteiger partial charge in [0.1, 0.15) is 5.75 Å². The molecule has 3 heterocycles. The Labute approximate surface area is 151 Å². The minimum atomic E-state index is -0.199. The van der Waals surface area contributed by atoms with Gasteiger partial charge in [-0.3, -0.25) is 9.55 Å². The lowest BCUT2D eigenvalue weighted by atomic mass is 9.99. The van der Waals surface area contributed by atoms with Crippen LogP contribution in [0.3, 0.4) is 0 Å². The van der Waals surface area contributed by atoms with Gasteiger partial charge in [0, 0.05) is 12.2 Å². The Kier molecular flexibility index (Phi) is 4.24. The van der Waals surface area contributed by atoms with Crippen molar-refractivity contribution in [2.24, 2.45) is 0 Å². The van der Waals surface area contributed by atoms with Crippen molar-refractivity contribution < 1.29 is 9.47 Å². The summed E-state index contributed by atoms with van der Waals surface area (Å²) in [5.74, 6) is 1.12. The van der Waals surface area contributed by atoms with Crippen LogP contribution >= 0.6 is 0 Å². The van der Waals surface area contributed by atoms with Crippen molar-refractivity contribution >= 4 is 11.3 Å². The highest BCUT2D eigenvalue weighted by atomic mass is 16.5. The number of methoxy groups -OCH3 is 1. The molecule has 0 bridgehead atoms. The fourth-order valence-electron chi connectivity index (χ4n) is 3.37. The fourth-order valence-corrected chi connectivity index (χ4v) is 3.37. The second-order valence-electron chi connectivity index (χ2n) is 6.86. The maximum atomic E-state index is 12.4.